The molecule has 0 radical (unpaired) electrons. The Bertz CT molecular complexity index is 4050. The summed E-state index contributed by atoms with van der Waals surface area (Å²) < 4.78 is 142. The molecular formula is C99H126F9O9S3+3. The third kappa shape index (κ3) is 23.7. The number of ketones is 1. The predicted octanol–water partition coefficient (Wildman–Crippen LogP) is 24.7. The summed E-state index contributed by atoms with van der Waals surface area (Å²) in [5.41, 5.74) is 0.253. The van der Waals surface area contributed by atoms with Gasteiger partial charge in [-0.3, -0.25) is 19.2 Å². The highest BCUT2D eigenvalue weighted by Crippen LogP contribution is 2.63. The maximum absolute atomic E-state index is 13.2. The van der Waals surface area contributed by atoms with Crippen LogP contribution < -0.4 is 4.74 Å². The number of halogens is 9. The quantitative estimate of drug-likeness (QED) is 0.0257. The number of esters is 3. The Labute approximate surface area is 714 Å². The van der Waals surface area contributed by atoms with Crippen LogP contribution in [-0.2, 0) is 66.0 Å². The van der Waals surface area contributed by atoms with Crippen molar-refractivity contribution in [2.24, 2.45) is 80.8 Å². The SMILES string of the molecule is CC(F)(F)C(OC(=O)C12CC3CC(CC(C3)C1)C2)C(F)(F)F.CC(F)(F)COC(=O)C12CC3CC(CC(C3)C1)C2.CC(F)(F)COC(=O)C12CC3CC(CC(C3)C1)C2.Cc1ccc(C(=O)C([S+]2CCOCC2)C(C)(C)C)cc1.c1ccc([S+](c2ccccc2)c2ccccc2)cc1.c1ccc2c([S+]3CCCC3)ccc(OCC3CCCCC3)c2c1. The van der Waals surface area contributed by atoms with E-state index in [4.69, 9.17) is 18.9 Å². The number of Topliss-reactive ketones (excluding diaryl/α,β-unsaturated/α-hetero) is 1. The van der Waals surface area contributed by atoms with Gasteiger partial charge in [-0.05, 0) is 262 Å². The van der Waals surface area contributed by atoms with E-state index in [1.165, 1.54) is 126 Å². The van der Waals surface area contributed by atoms with Crippen LogP contribution in [-0.4, -0.2) is 115 Å². The summed E-state index contributed by atoms with van der Waals surface area (Å²) in [5.74, 6) is -0.0310. The molecule has 0 N–H and O–H groups in total. The van der Waals surface area contributed by atoms with Gasteiger partial charge in [0, 0.05) is 64.3 Å². The minimum Gasteiger partial charge on any atom is -0.493 e. The average Bonchev–Trinajstić information content (AvgIpc) is 0.755. The van der Waals surface area contributed by atoms with Crippen LogP contribution >= 0.6 is 0 Å². The fourth-order valence-corrected chi connectivity index (χ4v) is 30.7. The Morgan fingerprint density at radius 2 is 0.825 bits per heavy atom. The molecule has 15 fully saturated rings. The predicted molar refractivity (Wildman–Crippen MR) is 460 cm³/mol. The van der Waals surface area contributed by atoms with E-state index in [9.17, 15) is 58.7 Å². The Morgan fingerprint density at radius 1 is 0.450 bits per heavy atom. The smallest absolute Gasteiger partial charge is 0.431 e. The Balaban J connectivity index is 0.000000125. The highest BCUT2D eigenvalue weighted by Gasteiger charge is 2.62. The number of ether oxygens (including phenoxy) is 5. The zero-order valence-electron chi connectivity index (χ0n) is 71.2. The summed E-state index contributed by atoms with van der Waals surface area (Å²) in [5, 5.41) is 2.85. The van der Waals surface area contributed by atoms with Gasteiger partial charge < -0.3 is 23.7 Å². The molecule has 2 heterocycles. The molecule has 6 aromatic carbocycles. The molecular weight excluding hydrogens is 1600 g/mol. The topological polar surface area (TPSA) is 114 Å². The number of alkyl halides is 9. The summed E-state index contributed by atoms with van der Waals surface area (Å²) >= 11 is 0. The molecule has 2 saturated heterocycles. The summed E-state index contributed by atoms with van der Waals surface area (Å²) in [6.45, 7) is 11.3. The number of hydrogen-bond acceptors (Lipinski definition) is 9. The van der Waals surface area contributed by atoms with Gasteiger partial charge in [-0.1, -0.05) is 143 Å². The fraction of sp³-hybridized carbons (Fsp3) is 0.616. The fourth-order valence-electron chi connectivity index (χ4n) is 23.3. The molecule has 2 unspecified atom stereocenters. The number of benzene rings is 6. The summed E-state index contributed by atoms with van der Waals surface area (Å²) in [6, 6.07) is 53.6. The van der Waals surface area contributed by atoms with Crippen molar-refractivity contribution in [3.63, 3.8) is 0 Å². The number of aryl methyl sites for hydroxylation is 1. The van der Waals surface area contributed by atoms with Gasteiger partial charge in [0.2, 0.25) is 5.78 Å². The molecule has 15 aliphatic rings. The van der Waals surface area contributed by atoms with Gasteiger partial charge in [0.1, 0.15) is 28.8 Å². The van der Waals surface area contributed by atoms with E-state index in [0.717, 1.165) is 120 Å². The Hall–Kier alpha value is -6.16. The summed E-state index contributed by atoms with van der Waals surface area (Å²) in [7, 11) is 0.586. The van der Waals surface area contributed by atoms with Crippen molar-refractivity contribution in [3.05, 3.63) is 163 Å². The molecule has 2 aliphatic heterocycles. The number of carbonyl (C=O) groups excluding carboxylic acids is 4. The number of hydrogen-bond donors (Lipinski definition) is 0. The van der Waals surface area contributed by atoms with Crippen molar-refractivity contribution in [3.8, 4) is 5.75 Å². The lowest BCUT2D eigenvalue weighted by Crippen LogP contribution is -2.54. The number of rotatable bonds is 19. The van der Waals surface area contributed by atoms with Crippen LogP contribution in [0.5, 0.6) is 5.75 Å². The van der Waals surface area contributed by atoms with Crippen molar-refractivity contribution in [2.75, 3.05) is 56.0 Å². The van der Waals surface area contributed by atoms with Crippen molar-refractivity contribution in [2.45, 2.75) is 264 Å². The van der Waals surface area contributed by atoms with Crippen LogP contribution in [0, 0.1) is 87.8 Å². The molecule has 0 amide bonds. The van der Waals surface area contributed by atoms with Gasteiger partial charge in [0.25, 0.3) is 23.9 Å². The van der Waals surface area contributed by atoms with Gasteiger partial charge >= 0.3 is 24.1 Å². The molecule has 120 heavy (non-hydrogen) atoms. The van der Waals surface area contributed by atoms with Gasteiger partial charge in [-0.2, -0.15) is 13.2 Å². The standard InChI is InChI=1S/C21H27OS.C18H15S.C17H25O2S.C15H19F5O2.2C14H20F2O2/c1-2-8-17(9-3-1)16-22-20-12-13-21(23-14-6-7-15-23)19-11-5-4-10-18(19)20;1-4-10-16(11-5-1)19(17-12-6-2-7-13-17)18-14-8-3-9-15-18;1-13-5-7-14(8-6-13)15(18)16(17(2,3)4)20-11-9-19-10-12-20;1-13(16,17)11(15(18,19)20)22-12(21)14-5-8-2-9(6-14)4-10(3-8)7-14;2*1-13(15,16)8-18-12(17)14-5-9-2-10(6-14)4-11(3-9)7-14/h4-5,10-13,17H,1-3,6-9,14-16H2;1-15H;5-8,16H,9-12H2,1-4H3;8-11H,2-7H2,1H3;2*9-11H,2-8H2,1H3/q3*+1;;;. The first-order valence-corrected chi connectivity index (χ1v) is 48.7. The first kappa shape index (κ1) is 91.5. The van der Waals surface area contributed by atoms with Crippen molar-refractivity contribution >= 4 is 67.1 Å². The van der Waals surface area contributed by atoms with E-state index in [1.807, 2.05) is 24.3 Å². The van der Waals surface area contributed by atoms with E-state index in [1.54, 1.807) is 4.90 Å². The van der Waals surface area contributed by atoms with Gasteiger partial charge in [0.15, 0.2) is 38.0 Å². The molecule has 13 saturated carbocycles. The van der Waals surface area contributed by atoms with Gasteiger partial charge in [0.05, 0.1) is 47.0 Å². The molecule has 654 valence electrons. The van der Waals surface area contributed by atoms with Crippen molar-refractivity contribution in [1.29, 1.82) is 0 Å². The van der Waals surface area contributed by atoms with Gasteiger partial charge in [-0.15, -0.1) is 0 Å². The molecule has 2 atom stereocenters. The normalized spacial score (nSPS) is 28.4. The van der Waals surface area contributed by atoms with Crippen LogP contribution in [0.2, 0.25) is 0 Å². The van der Waals surface area contributed by atoms with Crippen LogP contribution in [0.4, 0.5) is 39.5 Å². The number of fused-ring (bicyclic) bond motifs is 1. The molecule has 21 rings (SSSR count). The second kappa shape index (κ2) is 39.2. The van der Waals surface area contributed by atoms with E-state index >= 15 is 0 Å². The molecule has 0 aromatic heterocycles. The molecule has 13 aliphatic carbocycles. The van der Waals surface area contributed by atoms with Crippen LogP contribution in [0.25, 0.3) is 10.8 Å². The first-order valence-electron chi connectivity index (χ1n) is 44.3. The molecule has 21 heteroatoms. The Kier molecular flexibility index (Phi) is 29.9. The minimum absolute atomic E-state index is 0.00240. The minimum atomic E-state index is -5.27. The second-order valence-electron chi connectivity index (χ2n) is 39.0. The third-order valence-electron chi connectivity index (χ3n) is 27.3. The third-order valence-corrected chi connectivity index (χ3v) is 35.0. The zero-order chi connectivity index (χ0) is 85.4. The van der Waals surface area contributed by atoms with Gasteiger partial charge in [-0.25, -0.2) is 26.3 Å². The highest BCUT2D eigenvalue weighted by atomic mass is 32.2. The van der Waals surface area contributed by atoms with E-state index in [2.05, 4.69) is 160 Å². The van der Waals surface area contributed by atoms with E-state index in [0.29, 0.717) is 89.2 Å². The average molecular weight is 1730 g/mol. The lowest BCUT2D eigenvalue weighted by atomic mass is 9.49. The zero-order valence-corrected chi connectivity index (χ0v) is 73.7. The summed E-state index contributed by atoms with van der Waals surface area (Å²) in [4.78, 5) is 55.3. The largest absolute Gasteiger partial charge is 0.493 e. The van der Waals surface area contributed by atoms with Crippen LogP contribution in [0.3, 0.4) is 0 Å². The Morgan fingerprint density at radius 3 is 1.19 bits per heavy atom. The molecule has 9 nitrogen and oxygen atoms in total. The number of carbonyl (C=O) groups is 4. The first-order chi connectivity index (χ1) is 57.0. The lowest BCUT2D eigenvalue weighted by molar-refractivity contribution is -0.279. The lowest BCUT2D eigenvalue weighted by Gasteiger charge is -2.55. The molecule has 6 aromatic rings. The second-order valence-corrected chi connectivity index (χ2v) is 45.6. The highest BCUT2D eigenvalue weighted by molar-refractivity contribution is 7.98. The van der Waals surface area contributed by atoms with Crippen LogP contribution in [0.15, 0.2) is 171 Å². The maximum atomic E-state index is 13.2. The molecule has 12 bridgehead atoms. The van der Waals surface area contributed by atoms with Crippen molar-refractivity contribution < 1.29 is 82.4 Å². The van der Waals surface area contributed by atoms with E-state index in [-0.39, 0.29) is 51.3 Å². The maximum Gasteiger partial charge on any atom is 0.431 e. The van der Waals surface area contributed by atoms with Crippen molar-refractivity contribution in [1.82, 2.24) is 0 Å². The molecule has 0 spiro atoms. The monoisotopic (exact) mass is 1730 g/mol. The summed E-state index contributed by atoms with van der Waals surface area (Å²) in [6.07, 6.45) is 18.1. The van der Waals surface area contributed by atoms with E-state index < -0.39 is 65.5 Å². The van der Waals surface area contributed by atoms with Crippen LogP contribution in [0.1, 0.15) is 218 Å².